The third kappa shape index (κ3) is 5.54. The Morgan fingerprint density at radius 1 is 1.22 bits per heavy atom. The molecule has 0 aromatic heterocycles. The maximum atomic E-state index is 12.8. The summed E-state index contributed by atoms with van der Waals surface area (Å²) in [4.78, 5) is 14.4. The zero-order chi connectivity index (χ0) is 20.2. The first-order chi connectivity index (χ1) is 12.6. The fourth-order valence-electron chi connectivity index (χ4n) is 2.59. The zero-order valence-electron chi connectivity index (χ0n) is 15.7. The molecule has 0 atom stereocenters. The number of halogens is 1. The molecule has 1 amide bonds. The second-order valence-electron chi connectivity index (χ2n) is 6.42. The van der Waals surface area contributed by atoms with Crippen molar-refractivity contribution in [1.82, 2.24) is 9.62 Å². The van der Waals surface area contributed by atoms with Crippen LogP contribution in [0.25, 0.3) is 0 Å². The van der Waals surface area contributed by atoms with Crippen molar-refractivity contribution in [2.45, 2.75) is 31.3 Å². The highest BCUT2D eigenvalue weighted by atomic mass is 79.9. The molecule has 0 fully saturated rings. The number of ether oxygens (including phenoxy) is 1. The SMILES string of the molecule is COc1ccc(Br)cc1CN(C)C(=O)c1cccc(S(=O)(=O)NC(C)C)c1. The summed E-state index contributed by atoms with van der Waals surface area (Å²) in [6, 6.07) is 11.4. The molecule has 0 radical (unpaired) electrons. The van der Waals surface area contributed by atoms with E-state index in [0.29, 0.717) is 17.9 Å². The Bertz CT molecular complexity index is 929. The minimum atomic E-state index is -3.66. The quantitative estimate of drug-likeness (QED) is 0.695. The lowest BCUT2D eigenvalue weighted by Gasteiger charge is -2.19. The number of hydrogen-bond acceptors (Lipinski definition) is 4. The van der Waals surface area contributed by atoms with Crippen LogP contribution in [0.4, 0.5) is 0 Å². The van der Waals surface area contributed by atoms with E-state index in [1.165, 1.54) is 17.0 Å². The predicted molar refractivity (Wildman–Crippen MR) is 108 cm³/mol. The fraction of sp³-hybridized carbons (Fsp3) is 0.316. The molecule has 27 heavy (non-hydrogen) atoms. The third-order valence-electron chi connectivity index (χ3n) is 3.78. The van der Waals surface area contributed by atoms with E-state index in [1.807, 2.05) is 18.2 Å². The summed E-state index contributed by atoms with van der Waals surface area (Å²) in [6.45, 7) is 3.81. The minimum Gasteiger partial charge on any atom is -0.496 e. The van der Waals surface area contributed by atoms with Crippen molar-refractivity contribution in [3.8, 4) is 5.75 Å². The van der Waals surface area contributed by atoms with E-state index in [4.69, 9.17) is 4.74 Å². The van der Waals surface area contributed by atoms with Gasteiger partial charge in [-0.1, -0.05) is 22.0 Å². The van der Waals surface area contributed by atoms with E-state index in [-0.39, 0.29) is 16.8 Å². The monoisotopic (exact) mass is 454 g/mol. The normalized spacial score (nSPS) is 11.5. The number of benzene rings is 2. The van der Waals surface area contributed by atoms with E-state index in [1.54, 1.807) is 40.1 Å². The number of sulfonamides is 1. The molecular formula is C19H23BrN2O4S. The fourth-order valence-corrected chi connectivity index (χ4v) is 4.30. The summed E-state index contributed by atoms with van der Waals surface area (Å²) in [7, 11) is -0.426. The van der Waals surface area contributed by atoms with Gasteiger partial charge in [-0.3, -0.25) is 4.79 Å². The molecule has 2 rings (SSSR count). The third-order valence-corrected chi connectivity index (χ3v) is 5.93. The van der Waals surface area contributed by atoms with Gasteiger partial charge in [-0.25, -0.2) is 13.1 Å². The van der Waals surface area contributed by atoms with Crippen molar-refractivity contribution < 1.29 is 17.9 Å². The van der Waals surface area contributed by atoms with Crippen LogP contribution in [0.5, 0.6) is 5.75 Å². The van der Waals surface area contributed by atoms with Crippen LogP contribution in [0.1, 0.15) is 29.8 Å². The summed E-state index contributed by atoms with van der Waals surface area (Å²) in [5.41, 5.74) is 1.14. The lowest BCUT2D eigenvalue weighted by atomic mass is 10.1. The molecule has 0 bridgehead atoms. The average molecular weight is 455 g/mol. The van der Waals surface area contributed by atoms with Gasteiger partial charge in [0.1, 0.15) is 5.75 Å². The number of nitrogens with zero attached hydrogens (tertiary/aromatic N) is 1. The number of amides is 1. The Morgan fingerprint density at radius 2 is 1.93 bits per heavy atom. The summed E-state index contributed by atoms with van der Waals surface area (Å²) >= 11 is 3.42. The zero-order valence-corrected chi connectivity index (χ0v) is 18.1. The van der Waals surface area contributed by atoms with E-state index >= 15 is 0 Å². The molecule has 0 aliphatic rings. The van der Waals surface area contributed by atoms with Crippen molar-refractivity contribution in [1.29, 1.82) is 0 Å². The van der Waals surface area contributed by atoms with Gasteiger partial charge in [0, 0.05) is 35.2 Å². The molecule has 2 aromatic carbocycles. The first-order valence-corrected chi connectivity index (χ1v) is 10.6. The summed E-state index contributed by atoms with van der Waals surface area (Å²) in [5, 5.41) is 0. The molecule has 0 saturated carbocycles. The Balaban J connectivity index is 2.25. The molecule has 8 heteroatoms. The number of nitrogens with one attached hydrogen (secondary N) is 1. The van der Waals surface area contributed by atoms with Gasteiger partial charge in [0.05, 0.1) is 12.0 Å². The largest absolute Gasteiger partial charge is 0.496 e. The number of hydrogen-bond donors (Lipinski definition) is 1. The number of rotatable bonds is 7. The van der Waals surface area contributed by atoms with Crippen LogP contribution in [-0.4, -0.2) is 39.4 Å². The van der Waals surface area contributed by atoms with Crippen molar-refractivity contribution in [3.63, 3.8) is 0 Å². The van der Waals surface area contributed by atoms with E-state index < -0.39 is 10.0 Å². The second kappa shape index (κ2) is 8.86. The molecule has 0 heterocycles. The number of carbonyl (C=O) groups is 1. The Hall–Kier alpha value is -1.90. The summed E-state index contributed by atoms with van der Waals surface area (Å²) in [6.07, 6.45) is 0. The standard InChI is InChI=1S/C19H23BrN2O4S/c1-13(2)21-27(24,25)17-7-5-6-14(11-17)19(23)22(3)12-15-10-16(20)8-9-18(15)26-4/h5-11,13,21H,12H2,1-4H3. The highest BCUT2D eigenvalue weighted by Crippen LogP contribution is 2.24. The Labute approximate surface area is 168 Å². The summed E-state index contributed by atoms with van der Waals surface area (Å²) in [5.74, 6) is 0.397. The van der Waals surface area contributed by atoms with Crippen molar-refractivity contribution in [2.24, 2.45) is 0 Å². The smallest absolute Gasteiger partial charge is 0.253 e. The van der Waals surface area contributed by atoms with Gasteiger partial charge in [0.25, 0.3) is 5.91 Å². The van der Waals surface area contributed by atoms with E-state index in [0.717, 1.165) is 10.0 Å². The first kappa shape index (κ1) is 21.4. The van der Waals surface area contributed by atoms with Crippen LogP contribution in [0, 0.1) is 0 Å². The minimum absolute atomic E-state index is 0.0653. The maximum Gasteiger partial charge on any atom is 0.253 e. The van der Waals surface area contributed by atoms with Gasteiger partial charge in [-0.2, -0.15) is 0 Å². The molecule has 0 saturated heterocycles. The molecule has 2 aromatic rings. The van der Waals surface area contributed by atoms with Gasteiger partial charge < -0.3 is 9.64 Å². The topological polar surface area (TPSA) is 75.7 Å². The molecular weight excluding hydrogens is 432 g/mol. The predicted octanol–water partition coefficient (Wildman–Crippen LogP) is 3.42. The molecule has 0 spiro atoms. The van der Waals surface area contributed by atoms with Gasteiger partial charge in [-0.05, 0) is 50.2 Å². The van der Waals surface area contributed by atoms with Crippen LogP contribution in [0.3, 0.4) is 0 Å². The maximum absolute atomic E-state index is 12.8. The Morgan fingerprint density at radius 3 is 2.56 bits per heavy atom. The van der Waals surface area contributed by atoms with Gasteiger partial charge in [0.2, 0.25) is 10.0 Å². The molecule has 0 aliphatic carbocycles. The average Bonchev–Trinajstić information content (AvgIpc) is 2.60. The van der Waals surface area contributed by atoms with Crippen molar-refractivity contribution in [3.05, 3.63) is 58.1 Å². The lowest BCUT2D eigenvalue weighted by molar-refractivity contribution is 0.0784. The number of methoxy groups -OCH3 is 1. The molecule has 1 N–H and O–H groups in total. The molecule has 146 valence electrons. The summed E-state index contributed by atoms with van der Waals surface area (Å²) < 4.78 is 33.4. The van der Waals surface area contributed by atoms with Gasteiger partial charge >= 0.3 is 0 Å². The first-order valence-electron chi connectivity index (χ1n) is 8.34. The van der Waals surface area contributed by atoms with Crippen LogP contribution in [-0.2, 0) is 16.6 Å². The molecule has 0 aliphatic heterocycles. The van der Waals surface area contributed by atoms with Crippen LogP contribution < -0.4 is 9.46 Å². The lowest BCUT2D eigenvalue weighted by Crippen LogP contribution is -2.31. The highest BCUT2D eigenvalue weighted by molar-refractivity contribution is 9.10. The van der Waals surface area contributed by atoms with Gasteiger partial charge in [0.15, 0.2) is 0 Å². The number of carbonyl (C=O) groups excluding carboxylic acids is 1. The highest BCUT2D eigenvalue weighted by Gasteiger charge is 2.19. The van der Waals surface area contributed by atoms with Gasteiger partial charge in [-0.15, -0.1) is 0 Å². The van der Waals surface area contributed by atoms with Crippen molar-refractivity contribution in [2.75, 3.05) is 14.2 Å². The van der Waals surface area contributed by atoms with Crippen LogP contribution >= 0.6 is 15.9 Å². The van der Waals surface area contributed by atoms with E-state index in [9.17, 15) is 13.2 Å². The van der Waals surface area contributed by atoms with E-state index in [2.05, 4.69) is 20.7 Å². The second-order valence-corrected chi connectivity index (χ2v) is 9.05. The Kier molecular flexibility index (Phi) is 7.02. The van der Waals surface area contributed by atoms with Crippen molar-refractivity contribution >= 4 is 31.9 Å². The van der Waals surface area contributed by atoms with Crippen LogP contribution in [0.15, 0.2) is 51.8 Å². The van der Waals surface area contributed by atoms with Crippen LogP contribution in [0.2, 0.25) is 0 Å². The molecule has 6 nitrogen and oxygen atoms in total. The molecule has 0 unspecified atom stereocenters.